The molecule has 0 unspecified atom stereocenters. The van der Waals surface area contributed by atoms with Crippen molar-refractivity contribution in [1.29, 1.82) is 0 Å². The summed E-state index contributed by atoms with van der Waals surface area (Å²) in [5.74, 6) is 0.587. The average molecular weight is 442 g/mol. The molecule has 1 amide bonds. The molecule has 0 radical (unpaired) electrons. The fraction of sp³-hybridized carbons (Fsp3) is 0.364. The first-order chi connectivity index (χ1) is 14.9. The number of anilines is 1. The Morgan fingerprint density at radius 2 is 1.81 bits per heavy atom. The second-order valence-electron chi connectivity index (χ2n) is 7.70. The Labute approximate surface area is 182 Å². The van der Waals surface area contributed by atoms with Crippen molar-refractivity contribution >= 4 is 32.7 Å². The van der Waals surface area contributed by atoms with Crippen LogP contribution in [0.15, 0.2) is 54.9 Å². The maximum atomic E-state index is 12.7. The summed E-state index contributed by atoms with van der Waals surface area (Å²) in [7, 11) is -1.47. The summed E-state index contributed by atoms with van der Waals surface area (Å²) in [4.78, 5) is 18.8. The number of carbonyl (C=O) groups excluding carboxylic acids is 1. The number of benzene rings is 1. The molecule has 164 valence electrons. The molecule has 0 atom stereocenters. The minimum Gasteiger partial charge on any atom is -0.355 e. The van der Waals surface area contributed by atoms with Gasteiger partial charge in [0.15, 0.2) is 0 Å². The highest BCUT2D eigenvalue weighted by Gasteiger charge is 2.27. The van der Waals surface area contributed by atoms with Gasteiger partial charge >= 0.3 is 0 Å². The third kappa shape index (κ3) is 4.88. The summed E-state index contributed by atoms with van der Waals surface area (Å²) in [6.45, 7) is 2.14. The third-order valence-electron chi connectivity index (χ3n) is 5.62. The standard InChI is InChI=1S/C22H27N5O3S/c1-25-17-18(19-6-2-3-7-20(19)25)16-22(28)24-10-15-31(29,30)27-13-11-26(12-14-27)21-8-4-5-9-23-21/h2-9,17H,10-16H2,1H3,(H,24,28). The Hall–Kier alpha value is -2.91. The fourth-order valence-electron chi connectivity index (χ4n) is 3.99. The summed E-state index contributed by atoms with van der Waals surface area (Å²) in [6, 6.07) is 13.6. The number of sulfonamides is 1. The number of hydrogen-bond acceptors (Lipinski definition) is 5. The summed E-state index contributed by atoms with van der Waals surface area (Å²) < 4.78 is 28.9. The molecular formula is C22H27N5O3S. The molecule has 1 N–H and O–H groups in total. The number of aromatic nitrogens is 2. The molecule has 1 aliphatic heterocycles. The van der Waals surface area contributed by atoms with E-state index in [4.69, 9.17) is 0 Å². The lowest BCUT2D eigenvalue weighted by Crippen LogP contribution is -2.50. The van der Waals surface area contributed by atoms with E-state index in [-0.39, 0.29) is 24.6 Å². The number of carbonyl (C=O) groups is 1. The first kappa shape index (κ1) is 21.3. The van der Waals surface area contributed by atoms with Crippen molar-refractivity contribution in [2.75, 3.05) is 43.4 Å². The zero-order chi connectivity index (χ0) is 21.8. The van der Waals surface area contributed by atoms with E-state index in [0.29, 0.717) is 26.2 Å². The van der Waals surface area contributed by atoms with Gasteiger partial charge in [0, 0.05) is 63.1 Å². The molecule has 0 aliphatic carbocycles. The van der Waals surface area contributed by atoms with Crippen molar-refractivity contribution in [1.82, 2.24) is 19.2 Å². The Kier molecular flexibility index (Phi) is 6.24. The molecule has 1 aliphatic rings. The number of rotatable bonds is 7. The van der Waals surface area contributed by atoms with Gasteiger partial charge in [-0.1, -0.05) is 24.3 Å². The van der Waals surface area contributed by atoms with Gasteiger partial charge in [-0.05, 0) is 23.8 Å². The van der Waals surface area contributed by atoms with Crippen molar-refractivity contribution in [2.24, 2.45) is 7.05 Å². The van der Waals surface area contributed by atoms with E-state index in [9.17, 15) is 13.2 Å². The lowest BCUT2D eigenvalue weighted by molar-refractivity contribution is -0.120. The molecule has 0 bridgehead atoms. The van der Waals surface area contributed by atoms with Crippen LogP contribution in [0.25, 0.3) is 10.9 Å². The largest absolute Gasteiger partial charge is 0.355 e. The van der Waals surface area contributed by atoms with Crippen LogP contribution in [0.3, 0.4) is 0 Å². The second-order valence-corrected chi connectivity index (χ2v) is 9.79. The first-order valence-corrected chi connectivity index (χ1v) is 12.0. The minimum atomic E-state index is -3.42. The molecule has 1 fully saturated rings. The highest BCUT2D eigenvalue weighted by atomic mass is 32.2. The van der Waals surface area contributed by atoms with Gasteiger partial charge in [0.1, 0.15) is 5.82 Å². The van der Waals surface area contributed by atoms with Crippen LogP contribution in [-0.2, 0) is 28.3 Å². The molecule has 2 aromatic heterocycles. The summed E-state index contributed by atoms with van der Waals surface area (Å²) in [5, 5.41) is 3.80. The second kappa shape index (κ2) is 9.07. The highest BCUT2D eigenvalue weighted by Crippen LogP contribution is 2.20. The maximum Gasteiger partial charge on any atom is 0.224 e. The number of para-hydroxylation sites is 1. The Morgan fingerprint density at radius 3 is 2.55 bits per heavy atom. The number of fused-ring (bicyclic) bond motifs is 1. The lowest BCUT2D eigenvalue weighted by Gasteiger charge is -2.34. The number of pyridine rings is 1. The Balaban J connectivity index is 1.26. The highest BCUT2D eigenvalue weighted by molar-refractivity contribution is 7.89. The molecule has 3 heterocycles. The summed E-state index contributed by atoms with van der Waals surface area (Å²) in [5.41, 5.74) is 2.00. The van der Waals surface area contributed by atoms with Gasteiger partial charge in [0.25, 0.3) is 0 Å². The van der Waals surface area contributed by atoms with E-state index in [2.05, 4.69) is 15.2 Å². The quantitative estimate of drug-likeness (QED) is 0.599. The topological polar surface area (TPSA) is 87.5 Å². The zero-order valence-electron chi connectivity index (χ0n) is 17.6. The van der Waals surface area contributed by atoms with Crippen LogP contribution in [0.5, 0.6) is 0 Å². The molecular weight excluding hydrogens is 414 g/mol. The predicted octanol–water partition coefficient (Wildman–Crippen LogP) is 1.38. The van der Waals surface area contributed by atoms with Crippen LogP contribution in [0, 0.1) is 0 Å². The van der Waals surface area contributed by atoms with Crippen molar-refractivity contribution in [3.05, 3.63) is 60.4 Å². The number of nitrogens with one attached hydrogen (secondary N) is 1. The van der Waals surface area contributed by atoms with Gasteiger partial charge in [-0.2, -0.15) is 4.31 Å². The van der Waals surface area contributed by atoms with Crippen LogP contribution in [0.1, 0.15) is 5.56 Å². The SMILES string of the molecule is Cn1cc(CC(=O)NCCS(=O)(=O)N2CCN(c3ccccn3)CC2)c2ccccc21. The molecule has 3 aromatic rings. The molecule has 4 rings (SSSR count). The lowest BCUT2D eigenvalue weighted by atomic mass is 10.1. The first-order valence-electron chi connectivity index (χ1n) is 10.4. The van der Waals surface area contributed by atoms with Crippen molar-refractivity contribution in [3.8, 4) is 0 Å². The van der Waals surface area contributed by atoms with E-state index in [0.717, 1.165) is 22.3 Å². The Morgan fingerprint density at radius 1 is 1.06 bits per heavy atom. The van der Waals surface area contributed by atoms with Crippen LogP contribution < -0.4 is 10.2 Å². The number of amides is 1. The van der Waals surface area contributed by atoms with E-state index >= 15 is 0 Å². The monoisotopic (exact) mass is 441 g/mol. The van der Waals surface area contributed by atoms with Gasteiger partial charge < -0.3 is 14.8 Å². The molecule has 1 saturated heterocycles. The van der Waals surface area contributed by atoms with Crippen molar-refractivity contribution in [2.45, 2.75) is 6.42 Å². The van der Waals surface area contributed by atoms with E-state index in [1.54, 1.807) is 6.20 Å². The molecule has 31 heavy (non-hydrogen) atoms. The van der Waals surface area contributed by atoms with Crippen molar-refractivity contribution in [3.63, 3.8) is 0 Å². The van der Waals surface area contributed by atoms with Gasteiger partial charge in [-0.15, -0.1) is 0 Å². The number of hydrogen-bond donors (Lipinski definition) is 1. The molecule has 8 nitrogen and oxygen atoms in total. The third-order valence-corrected chi connectivity index (χ3v) is 7.49. The number of aryl methyl sites for hydroxylation is 1. The predicted molar refractivity (Wildman–Crippen MR) is 121 cm³/mol. The van der Waals surface area contributed by atoms with Gasteiger partial charge in [-0.25, -0.2) is 13.4 Å². The van der Waals surface area contributed by atoms with E-state index in [1.807, 2.05) is 60.3 Å². The van der Waals surface area contributed by atoms with E-state index < -0.39 is 10.0 Å². The molecule has 1 aromatic carbocycles. The summed E-state index contributed by atoms with van der Waals surface area (Å²) >= 11 is 0. The van der Waals surface area contributed by atoms with Crippen LogP contribution in [-0.4, -0.2) is 66.7 Å². The summed E-state index contributed by atoms with van der Waals surface area (Å²) in [6.07, 6.45) is 3.91. The average Bonchev–Trinajstić information content (AvgIpc) is 3.10. The minimum absolute atomic E-state index is 0.0993. The molecule has 0 spiro atoms. The van der Waals surface area contributed by atoms with Crippen LogP contribution >= 0.6 is 0 Å². The maximum absolute atomic E-state index is 12.7. The molecule has 0 saturated carbocycles. The van der Waals surface area contributed by atoms with Gasteiger partial charge in [0.2, 0.25) is 15.9 Å². The van der Waals surface area contributed by atoms with Gasteiger partial charge in [-0.3, -0.25) is 4.79 Å². The number of piperazine rings is 1. The van der Waals surface area contributed by atoms with Gasteiger partial charge in [0.05, 0.1) is 12.2 Å². The smallest absolute Gasteiger partial charge is 0.224 e. The van der Waals surface area contributed by atoms with Crippen LogP contribution in [0.2, 0.25) is 0 Å². The Bertz CT molecular complexity index is 1150. The van der Waals surface area contributed by atoms with E-state index in [1.165, 1.54) is 4.31 Å². The fourth-order valence-corrected chi connectivity index (χ4v) is 5.32. The number of nitrogens with zero attached hydrogens (tertiary/aromatic N) is 4. The van der Waals surface area contributed by atoms with Crippen LogP contribution in [0.4, 0.5) is 5.82 Å². The molecule has 9 heteroatoms. The van der Waals surface area contributed by atoms with Crippen molar-refractivity contribution < 1.29 is 13.2 Å². The zero-order valence-corrected chi connectivity index (χ0v) is 18.4. The normalized spacial score (nSPS) is 15.3.